The van der Waals surface area contributed by atoms with Crippen LogP contribution < -0.4 is 5.32 Å². The van der Waals surface area contributed by atoms with E-state index >= 15 is 0 Å². The summed E-state index contributed by atoms with van der Waals surface area (Å²) in [5.41, 5.74) is 0.987. The van der Waals surface area contributed by atoms with Crippen molar-refractivity contribution in [3.8, 4) is 0 Å². The van der Waals surface area contributed by atoms with Crippen LogP contribution in [0.25, 0.3) is 0 Å². The van der Waals surface area contributed by atoms with Crippen molar-refractivity contribution in [3.63, 3.8) is 0 Å². The Balaban J connectivity index is 1.46. The van der Waals surface area contributed by atoms with Crippen LogP contribution >= 0.6 is 11.6 Å². The summed E-state index contributed by atoms with van der Waals surface area (Å²) in [5, 5.41) is 13.8. The number of nitro benzene ring substituents is 1. The Morgan fingerprint density at radius 1 is 1.11 bits per heavy atom. The van der Waals surface area contributed by atoms with Crippen LogP contribution in [0.4, 0.5) is 15.8 Å². The summed E-state index contributed by atoms with van der Waals surface area (Å²) in [5.74, 6) is -0.489. The van der Waals surface area contributed by atoms with E-state index in [0.29, 0.717) is 49.0 Å². The van der Waals surface area contributed by atoms with Crippen molar-refractivity contribution in [3.05, 3.63) is 69.0 Å². The number of nitro groups is 1. The number of non-ortho nitro benzene ring substituents is 1. The standard InChI is InChI=1S/C19H20ClFN4O3/c20-17-2-1-3-18(21)16(17)12-23-8-10-24(11-9-23)13-19(26)22-14-4-6-15(7-5-14)25(27)28/h1-7H,8-13H2,(H,22,26). The summed E-state index contributed by atoms with van der Waals surface area (Å²) in [6, 6.07) is 10.4. The first-order chi connectivity index (χ1) is 13.4. The molecule has 2 aromatic carbocycles. The number of nitrogens with zero attached hydrogens (tertiary/aromatic N) is 3. The molecule has 0 spiro atoms. The zero-order valence-corrected chi connectivity index (χ0v) is 15.9. The fraction of sp³-hybridized carbons (Fsp3) is 0.316. The molecule has 3 rings (SSSR count). The van der Waals surface area contributed by atoms with Crippen LogP contribution in [-0.4, -0.2) is 53.4 Å². The summed E-state index contributed by atoms with van der Waals surface area (Å²) in [6.45, 7) is 3.43. The smallest absolute Gasteiger partial charge is 0.269 e. The molecule has 1 amide bonds. The number of amides is 1. The number of nitrogens with one attached hydrogen (secondary N) is 1. The number of halogens is 2. The maximum absolute atomic E-state index is 13.9. The molecule has 1 heterocycles. The third kappa shape index (κ3) is 5.25. The first-order valence-corrected chi connectivity index (χ1v) is 9.22. The van der Waals surface area contributed by atoms with E-state index < -0.39 is 4.92 Å². The topological polar surface area (TPSA) is 78.7 Å². The van der Waals surface area contributed by atoms with E-state index in [2.05, 4.69) is 10.2 Å². The summed E-state index contributed by atoms with van der Waals surface area (Å²) in [4.78, 5) is 26.5. The van der Waals surface area contributed by atoms with Crippen LogP contribution in [0.15, 0.2) is 42.5 Å². The number of carbonyl (C=O) groups excluding carboxylic acids is 1. The van der Waals surface area contributed by atoms with Gasteiger partial charge in [0.1, 0.15) is 5.82 Å². The molecule has 1 aliphatic rings. The molecule has 1 fully saturated rings. The van der Waals surface area contributed by atoms with Gasteiger partial charge >= 0.3 is 0 Å². The van der Waals surface area contributed by atoms with Crippen LogP contribution in [0.3, 0.4) is 0 Å². The molecule has 1 aliphatic heterocycles. The van der Waals surface area contributed by atoms with Crippen molar-refractivity contribution in [2.24, 2.45) is 0 Å². The molecule has 0 saturated carbocycles. The number of hydrogen-bond donors (Lipinski definition) is 1. The van der Waals surface area contributed by atoms with Crippen molar-refractivity contribution in [2.45, 2.75) is 6.54 Å². The Bertz CT molecular complexity index is 835. The monoisotopic (exact) mass is 406 g/mol. The van der Waals surface area contributed by atoms with Crippen LogP contribution in [0.1, 0.15) is 5.56 Å². The van der Waals surface area contributed by atoms with E-state index in [1.165, 1.54) is 30.3 Å². The Kier molecular flexibility index (Phi) is 6.56. The van der Waals surface area contributed by atoms with Gasteiger partial charge in [-0.3, -0.25) is 24.7 Å². The second-order valence-electron chi connectivity index (χ2n) is 6.60. The SMILES string of the molecule is O=C(CN1CCN(Cc2c(F)cccc2Cl)CC1)Nc1ccc([N+](=O)[O-])cc1. The van der Waals surface area contributed by atoms with Gasteiger partial charge in [-0.05, 0) is 24.3 Å². The lowest BCUT2D eigenvalue weighted by Gasteiger charge is -2.34. The van der Waals surface area contributed by atoms with E-state index in [-0.39, 0.29) is 24.0 Å². The highest BCUT2D eigenvalue weighted by molar-refractivity contribution is 6.31. The average Bonchev–Trinajstić information content (AvgIpc) is 2.66. The van der Waals surface area contributed by atoms with Gasteiger partial charge in [0, 0.05) is 61.1 Å². The molecule has 1 N–H and O–H groups in total. The molecule has 0 aliphatic carbocycles. The molecule has 28 heavy (non-hydrogen) atoms. The molecule has 0 radical (unpaired) electrons. The molecule has 9 heteroatoms. The quantitative estimate of drug-likeness (QED) is 0.589. The van der Waals surface area contributed by atoms with Crippen LogP contribution in [0, 0.1) is 15.9 Å². The maximum Gasteiger partial charge on any atom is 0.269 e. The number of hydrogen-bond acceptors (Lipinski definition) is 5. The highest BCUT2D eigenvalue weighted by Crippen LogP contribution is 2.21. The predicted octanol–water partition coefficient (Wildman–Crippen LogP) is 3.14. The van der Waals surface area contributed by atoms with Gasteiger partial charge in [0.15, 0.2) is 0 Å². The first-order valence-electron chi connectivity index (χ1n) is 8.84. The van der Waals surface area contributed by atoms with E-state index in [4.69, 9.17) is 11.6 Å². The minimum Gasteiger partial charge on any atom is -0.325 e. The second-order valence-corrected chi connectivity index (χ2v) is 7.01. The van der Waals surface area contributed by atoms with Crippen molar-refractivity contribution in [2.75, 3.05) is 38.0 Å². The normalized spacial score (nSPS) is 15.4. The van der Waals surface area contributed by atoms with Gasteiger partial charge in [-0.25, -0.2) is 4.39 Å². The van der Waals surface area contributed by atoms with E-state index in [1.54, 1.807) is 12.1 Å². The maximum atomic E-state index is 13.9. The van der Waals surface area contributed by atoms with Gasteiger partial charge < -0.3 is 5.32 Å². The number of carbonyl (C=O) groups is 1. The lowest BCUT2D eigenvalue weighted by molar-refractivity contribution is -0.384. The lowest BCUT2D eigenvalue weighted by atomic mass is 10.2. The molecule has 7 nitrogen and oxygen atoms in total. The van der Waals surface area contributed by atoms with Crippen LogP contribution in [0.2, 0.25) is 5.02 Å². The Hall–Kier alpha value is -2.55. The second kappa shape index (κ2) is 9.09. The molecule has 2 aromatic rings. The summed E-state index contributed by atoms with van der Waals surface area (Å²) >= 11 is 6.08. The summed E-state index contributed by atoms with van der Waals surface area (Å²) in [7, 11) is 0. The Labute approximate surface area is 166 Å². The predicted molar refractivity (Wildman–Crippen MR) is 105 cm³/mol. The first kappa shape index (κ1) is 20.2. The molecule has 0 bridgehead atoms. The average molecular weight is 407 g/mol. The van der Waals surface area contributed by atoms with Gasteiger partial charge in [-0.2, -0.15) is 0 Å². The zero-order chi connectivity index (χ0) is 20.1. The molecular weight excluding hydrogens is 387 g/mol. The minimum atomic E-state index is -0.487. The van der Waals surface area contributed by atoms with Crippen molar-refractivity contribution in [1.82, 2.24) is 9.80 Å². The summed E-state index contributed by atoms with van der Waals surface area (Å²) in [6.07, 6.45) is 0. The Morgan fingerprint density at radius 2 is 1.75 bits per heavy atom. The third-order valence-corrected chi connectivity index (χ3v) is 4.99. The lowest BCUT2D eigenvalue weighted by Crippen LogP contribution is -2.48. The third-order valence-electron chi connectivity index (χ3n) is 4.64. The van der Waals surface area contributed by atoms with Gasteiger partial charge in [-0.15, -0.1) is 0 Å². The van der Waals surface area contributed by atoms with E-state index in [1.807, 2.05) is 4.90 Å². The molecule has 0 aromatic heterocycles. The highest BCUT2D eigenvalue weighted by atomic mass is 35.5. The zero-order valence-electron chi connectivity index (χ0n) is 15.1. The van der Waals surface area contributed by atoms with Gasteiger partial charge in [0.25, 0.3) is 5.69 Å². The molecule has 1 saturated heterocycles. The molecule has 148 valence electrons. The molecule has 0 atom stereocenters. The van der Waals surface area contributed by atoms with E-state index in [9.17, 15) is 19.3 Å². The molecule has 0 unspecified atom stereocenters. The van der Waals surface area contributed by atoms with Crippen molar-refractivity contribution >= 4 is 28.9 Å². The van der Waals surface area contributed by atoms with Gasteiger partial charge in [0.05, 0.1) is 11.5 Å². The number of benzene rings is 2. The number of rotatable bonds is 6. The summed E-state index contributed by atoms with van der Waals surface area (Å²) < 4.78 is 13.9. The fourth-order valence-corrected chi connectivity index (χ4v) is 3.31. The fourth-order valence-electron chi connectivity index (χ4n) is 3.08. The van der Waals surface area contributed by atoms with Gasteiger partial charge in [0.2, 0.25) is 5.91 Å². The number of piperazine rings is 1. The van der Waals surface area contributed by atoms with Crippen molar-refractivity contribution < 1.29 is 14.1 Å². The highest BCUT2D eigenvalue weighted by Gasteiger charge is 2.21. The Morgan fingerprint density at radius 3 is 2.36 bits per heavy atom. The minimum absolute atomic E-state index is 0.0240. The number of anilines is 1. The molecular formula is C19H20ClFN4O3. The van der Waals surface area contributed by atoms with Crippen LogP contribution in [0.5, 0.6) is 0 Å². The largest absolute Gasteiger partial charge is 0.325 e. The van der Waals surface area contributed by atoms with Gasteiger partial charge in [-0.1, -0.05) is 17.7 Å². The van der Waals surface area contributed by atoms with E-state index in [0.717, 1.165) is 0 Å². The van der Waals surface area contributed by atoms with Crippen LogP contribution in [-0.2, 0) is 11.3 Å². The van der Waals surface area contributed by atoms with Crippen molar-refractivity contribution in [1.29, 1.82) is 0 Å².